The maximum Gasteiger partial charge on any atom is 0.332 e. The van der Waals surface area contributed by atoms with Gasteiger partial charge in [0.15, 0.2) is 6.10 Å². The molecule has 0 aliphatic carbocycles. The Morgan fingerprint density at radius 2 is 1.94 bits per heavy atom. The van der Waals surface area contributed by atoms with Crippen LogP contribution in [0.3, 0.4) is 0 Å². The van der Waals surface area contributed by atoms with Crippen LogP contribution in [0, 0.1) is 0 Å². The lowest BCUT2D eigenvalue weighted by Crippen LogP contribution is -2.47. The summed E-state index contributed by atoms with van der Waals surface area (Å²) >= 11 is 0. The number of nitrogens with zero attached hydrogens (tertiary/aromatic N) is 1. The van der Waals surface area contributed by atoms with Crippen molar-refractivity contribution in [2.45, 2.75) is 38.9 Å². The molecule has 0 aromatic heterocycles. The summed E-state index contributed by atoms with van der Waals surface area (Å²) in [6, 6.07) is -0.391. The predicted molar refractivity (Wildman–Crippen MR) is 65.2 cm³/mol. The van der Waals surface area contributed by atoms with E-state index >= 15 is 0 Å². The number of aliphatic hydroxyl groups is 2. The van der Waals surface area contributed by atoms with Crippen molar-refractivity contribution >= 4 is 12.0 Å². The number of carbonyl (C=O) groups is 2. The molecule has 0 aromatic rings. The van der Waals surface area contributed by atoms with Crippen LogP contribution in [0.4, 0.5) is 4.79 Å². The van der Waals surface area contributed by atoms with Gasteiger partial charge in [-0.05, 0) is 20.8 Å². The number of aliphatic hydroxyl groups excluding tert-OH is 1. The Kier molecular flexibility index (Phi) is 6.64. The fourth-order valence-corrected chi connectivity index (χ4v) is 1.35. The quantitative estimate of drug-likeness (QED) is 0.500. The molecule has 0 aliphatic rings. The van der Waals surface area contributed by atoms with Crippen molar-refractivity contribution < 1.29 is 24.9 Å². The monoisotopic (exact) mass is 262 g/mol. The van der Waals surface area contributed by atoms with Gasteiger partial charge in [-0.1, -0.05) is 0 Å². The minimum atomic E-state index is -1.48. The number of hydrogen-bond donors (Lipinski definition) is 4. The number of carboxylic acid groups (broad SMARTS) is 1. The topological polar surface area (TPSA) is 110 Å². The number of carboxylic acids is 1. The third-order valence-electron chi connectivity index (χ3n) is 2.23. The van der Waals surface area contributed by atoms with E-state index in [0.29, 0.717) is 6.54 Å². The van der Waals surface area contributed by atoms with Crippen molar-refractivity contribution in [1.29, 1.82) is 0 Å². The summed E-state index contributed by atoms with van der Waals surface area (Å²) in [5.74, 6) is -1.31. The number of carbonyl (C=O) groups excluding carboxylic acids is 1. The van der Waals surface area contributed by atoms with Crippen LogP contribution in [0.15, 0.2) is 0 Å². The molecule has 0 saturated carbocycles. The maximum atomic E-state index is 11.7. The molecule has 0 heterocycles. The highest BCUT2D eigenvalue weighted by atomic mass is 16.4. The molecule has 7 nitrogen and oxygen atoms in total. The van der Waals surface area contributed by atoms with E-state index in [1.807, 2.05) is 0 Å². The molecular weight excluding hydrogens is 240 g/mol. The van der Waals surface area contributed by atoms with Crippen molar-refractivity contribution in [2.24, 2.45) is 0 Å². The van der Waals surface area contributed by atoms with Crippen LogP contribution < -0.4 is 5.32 Å². The smallest absolute Gasteiger partial charge is 0.332 e. The number of urea groups is 1. The average Bonchev–Trinajstić information content (AvgIpc) is 2.23. The first kappa shape index (κ1) is 16.7. The molecule has 0 fully saturated rings. The number of amides is 2. The Morgan fingerprint density at radius 3 is 2.33 bits per heavy atom. The Morgan fingerprint density at radius 1 is 1.39 bits per heavy atom. The van der Waals surface area contributed by atoms with E-state index in [2.05, 4.69) is 5.32 Å². The van der Waals surface area contributed by atoms with Crippen LogP contribution >= 0.6 is 0 Å². The van der Waals surface area contributed by atoms with Crippen LogP contribution in [0.2, 0.25) is 0 Å². The van der Waals surface area contributed by atoms with Crippen molar-refractivity contribution in [1.82, 2.24) is 10.2 Å². The summed E-state index contributed by atoms with van der Waals surface area (Å²) < 4.78 is 0. The summed E-state index contributed by atoms with van der Waals surface area (Å²) in [6.07, 6.45) is -1.53. The van der Waals surface area contributed by atoms with E-state index in [1.165, 1.54) is 4.90 Å². The third kappa shape index (κ3) is 7.08. The van der Waals surface area contributed by atoms with Gasteiger partial charge < -0.3 is 25.5 Å². The van der Waals surface area contributed by atoms with E-state index in [4.69, 9.17) is 10.2 Å². The van der Waals surface area contributed by atoms with Gasteiger partial charge in [-0.3, -0.25) is 0 Å². The van der Waals surface area contributed by atoms with Crippen molar-refractivity contribution in [3.05, 3.63) is 0 Å². The second kappa shape index (κ2) is 7.17. The van der Waals surface area contributed by atoms with Gasteiger partial charge in [0, 0.05) is 19.5 Å². The highest BCUT2D eigenvalue weighted by Crippen LogP contribution is 2.04. The number of likely N-dealkylation sites (N-methyl/N-ethyl adjacent to an activating group) is 1. The van der Waals surface area contributed by atoms with Crippen molar-refractivity contribution in [3.8, 4) is 0 Å². The molecule has 0 aliphatic heterocycles. The molecule has 7 heteroatoms. The van der Waals surface area contributed by atoms with Crippen LogP contribution in [-0.2, 0) is 4.79 Å². The first-order valence-corrected chi connectivity index (χ1v) is 5.83. The lowest BCUT2D eigenvalue weighted by Gasteiger charge is -2.28. The third-order valence-corrected chi connectivity index (χ3v) is 2.23. The molecule has 0 saturated heterocycles. The molecule has 0 bridgehead atoms. The maximum absolute atomic E-state index is 11.7. The minimum Gasteiger partial charge on any atom is -0.479 e. The summed E-state index contributed by atoms with van der Waals surface area (Å²) in [5.41, 5.74) is -0.992. The Labute approximate surface area is 106 Å². The predicted octanol–water partition coefficient (Wildman–Crippen LogP) is -0.376. The normalized spacial score (nSPS) is 12.9. The molecule has 106 valence electrons. The zero-order valence-electron chi connectivity index (χ0n) is 11.0. The first-order chi connectivity index (χ1) is 8.17. The molecule has 2 amide bonds. The van der Waals surface area contributed by atoms with Crippen molar-refractivity contribution in [3.63, 3.8) is 0 Å². The second-order valence-corrected chi connectivity index (χ2v) is 4.70. The fourth-order valence-electron chi connectivity index (χ4n) is 1.35. The van der Waals surface area contributed by atoms with Gasteiger partial charge in [-0.15, -0.1) is 0 Å². The molecule has 0 spiro atoms. The largest absolute Gasteiger partial charge is 0.479 e. The van der Waals surface area contributed by atoms with Crippen LogP contribution in [0.25, 0.3) is 0 Å². The van der Waals surface area contributed by atoms with Crippen LogP contribution in [0.5, 0.6) is 0 Å². The summed E-state index contributed by atoms with van der Waals surface area (Å²) in [4.78, 5) is 23.4. The van der Waals surface area contributed by atoms with Crippen LogP contribution in [-0.4, -0.2) is 63.6 Å². The zero-order chi connectivity index (χ0) is 14.3. The molecule has 18 heavy (non-hydrogen) atoms. The lowest BCUT2D eigenvalue weighted by atomic mass is 10.1. The molecule has 4 N–H and O–H groups in total. The summed E-state index contributed by atoms with van der Waals surface area (Å²) in [6.45, 7) is 5.63. The summed E-state index contributed by atoms with van der Waals surface area (Å²) in [5, 5.41) is 29.6. The molecule has 1 atom stereocenters. The van der Waals surface area contributed by atoms with Gasteiger partial charge in [-0.2, -0.15) is 0 Å². The Bertz CT molecular complexity index is 288. The number of rotatable bonds is 7. The van der Waals surface area contributed by atoms with E-state index in [-0.39, 0.29) is 19.5 Å². The average molecular weight is 262 g/mol. The van der Waals surface area contributed by atoms with Gasteiger partial charge in [0.25, 0.3) is 0 Å². The van der Waals surface area contributed by atoms with Gasteiger partial charge in [0.2, 0.25) is 0 Å². The zero-order valence-corrected chi connectivity index (χ0v) is 11.0. The number of hydrogen-bond acceptors (Lipinski definition) is 4. The summed E-state index contributed by atoms with van der Waals surface area (Å²) in [7, 11) is 0. The molecular formula is C11H22N2O5. The number of aliphatic carboxylic acids is 1. The second-order valence-electron chi connectivity index (χ2n) is 4.70. The Balaban J connectivity index is 4.10. The SMILES string of the molecule is CCN(CC(C)(C)O)C(=O)NCCC(O)C(=O)O. The molecule has 0 radical (unpaired) electrons. The standard InChI is InChI=1S/C11H22N2O5/c1-4-13(7-11(2,3)18)10(17)12-6-5-8(14)9(15)16/h8,14,18H,4-7H2,1-3H3,(H,12,17)(H,15,16). The fraction of sp³-hybridized carbons (Fsp3) is 0.818. The van der Waals surface area contributed by atoms with E-state index in [1.54, 1.807) is 20.8 Å². The van der Waals surface area contributed by atoms with E-state index < -0.39 is 23.7 Å². The first-order valence-electron chi connectivity index (χ1n) is 5.83. The molecule has 0 rings (SSSR count). The Hall–Kier alpha value is -1.34. The van der Waals surface area contributed by atoms with Crippen molar-refractivity contribution in [2.75, 3.05) is 19.6 Å². The van der Waals surface area contributed by atoms with Gasteiger partial charge in [0.1, 0.15) is 0 Å². The van der Waals surface area contributed by atoms with Gasteiger partial charge in [-0.25, -0.2) is 9.59 Å². The lowest BCUT2D eigenvalue weighted by molar-refractivity contribution is -0.146. The van der Waals surface area contributed by atoms with Crippen LogP contribution in [0.1, 0.15) is 27.2 Å². The number of nitrogens with one attached hydrogen (secondary N) is 1. The highest BCUT2D eigenvalue weighted by Gasteiger charge is 2.21. The molecule has 1 unspecified atom stereocenters. The van der Waals surface area contributed by atoms with E-state index in [0.717, 1.165) is 0 Å². The van der Waals surface area contributed by atoms with Gasteiger partial charge in [0.05, 0.1) is 12.1 Å². The highest BCUT2D eigenvalue weighted by molar-refractivity contribution is 5.74. The minimum absolute atomic E-state index is 0.0544. The van der Waals surface area contributed by atoms with E-state index in [9.17, 15) is 14.7 Å². The molecule has 0 aromatic carbocycles. The van der Waals surface area contributed by atoms with Gasteiger partial charge >= 0.3 is 12.0 Å².